The fourth-order valence-electron chi connectivity index (χ4n) is 13.0. The van der Waals surface area contributed by atoms with E-state index in [9.17, 15) is 38.7 Å². The van der Waals surface area contributed by atoms with Crippen molar-refractivity contribution in [2.45, 2.75) is 184 Å². The largest absolute Gasteiger partial charge is 0.481 e. The molecule has 0 saturated heterocycles. The van der Waals surface area contributed by atoms with Crippen LogP contribution in [0.3, 0.4) is 0 Å². The molecule has 6 N–H and O–H groups in total. The maximum absolute atomic E-state index is 12.9. The summed E-state index contributed by atoms with van der Waals surface area (Å²) in [6.07, 6.45) is 27.5. The van der Waals surface area contributed by atoms with Gasteiger partial charge in [-0.05, 0) is 219 Å². The monoisotopic (exact) mass is 1930 g/mol. The van der Waals surface area contributed by atoms with Crippen LogP contribution in [0.15, 0.2) is 228 Å². The number of aliphatic imine (C=N–C) groups is 1. The summed E-state index contributed by atoms with van der Waals surface area (Å²) in [6, 6.07) is 63.9. The Morgan fingerprint density at radius 1 is 0.477 bits per heavy atom. The molecule has 4 unspecified atom stereocenters. The molecule has 0 aromatic heterocycles. The average Bonchev–Trinajstić information content (AvgIpc) is 1.63. The molecule has 9 aromatic carbocycles. The number of nitrogens with two attached hydrogens (primary N) is 1. The molecule has 16 rings (SSSR count). The van der Waals surface area contributed by atoms with Crippen molar-refractivity contribution in [3.05, 3.63) is 316 Å². The van der Waals surface area contributed by atoms with Crippen LogP contribution in [-0.2, 0) is 19.2 Å². The Hall–Kier alpha value is -10.6. The molecule has 0 radical (unpaired) electrons. The number of rotatable bonds is 32. The second-order valence-corrected chi connectivity index (χ2v) is 36.6. The molecule has 0 aliphatic heterocycles. The molecule has 1 amide bonds. The molecule has 7 aliphatic carbocycles. The molecule has 128 heavy (non-hydrogen) atoms. The zero-order chi connectivity index (χ0) is 92.3. The molecule has 7 saturated carbocycles. The van der Waals surface area contributed by atoms with Crippen LogP contribution in [0.2, 0.25) is 20.1 Å². The Kier molecular flexibility index (Phi) is 44.4. The highest BCUT2D eigenvalue weighted by Crippen LogP contribution is 2.41. The summed E-state index contributed by atoms with van der Waals surface area (Å²) in [5.74, 6) is 5.24. The first-order valence-corrected chi connectivity index (χ1v) is 46.5. The molecular formula is C103H109Br2Cl4N9O10. The first kappa shape index (κ1) is 103. The number of benzene rings is 9. The van der Waals surface area contributed by atoms with E-state index in [0.29, 0.717) is 97.7 Å². The third-order valence-corrected chi connectivity index (χ3v) is 24.1. The number of Topliss-reactive ketones (excluding diaryl/α,β-unsaturated/α-hetero) is 4. The summed E-state index contributed by atoms with van der Waals surface area (Å²) in [7, 11) is 3.16. The number of carbonyl (C=O) groups excluding carboxylic acids is 6. The van der Waals surface area contributed by atoms with Gasteiger partial charge in [0.2, 0.25) is 12.0 Å². The van der Waals surface area contributed by atoms with Gasteiger partial charge in [-0.15, -0.1) is 0 Å². The number of hydrogen-bond donors (Lipinski definition) is 5. The second-order valence-electron chi connectivity index (χ2n) is 32.8. The number of isocyanates is 1. The van der Waals surface area contributed by atoms with E-state index in [1.165, 1.54) is 108 Å². The van der Waals surface area contributed by atoms with Crippen LogP contribution in [0.4, 0.5) is 45.5 Å². The van der Waals surface area contributed by atoms with Crippen LogP contribution in [-0.4, -0.2) is 87.4 Å². The van der Waals surface area contributed by atoms with Gasteiger partial charge in [0.25, 0.3) is 0 Å². The predicted octanol–water partition coefficient (Wildman–Crippen LogP) is 28.7. The number of nitrogens with one attached hydrogen (secondary N) is 2. The maximum Gasteiger partial charge on any atom is 0.303 e. The van der Waals surface area contributed by atoms with Gasteiger partial charge in [0.1, 0.15) is 0 Å². The van der Waals surface area contributed by atoms with E-state index in [1.807, 2.05) is 84.9 Å². The van der Waals surface area contributed by atoms with E-state index < -0.39 is 12.1 Å². The number of halogens is 6. The number of hydroxylamine groups is 2. The SMILES string of the molecule is CON(C)C(=O)CCC1CC1.Nc1ccc(Cl)cc1.O=C(CCC1CC1)c1cccc(Br)c1.O=C(O)CCC1CC1.O=C=Nc1ccc(Cl)cc1.[C-]#[N+]c1cccc(C(=O)C(Br)CC2CC2)c1.[C-]#[N+]c1cccc(C(=O)C(CC2CC2)Nc2ccc(Cl)cc2)c1.[C-]#[N+]c1cccc(C(=O)CCC2CC2)c1.[C-]#[N+]c1cccc(C(O)C(CC2CC2)Nc2ccc(Cl)cc2)c1. The van der Waals surface area contributed by atoms with Gasteiger partial charge in [-0.3, -0.25) is 33.6 Å². The number of alkyl halides is 1. The number of carbonyl (C=O) groups is 6. The molecule has 25 heteroatoms. The normalized spacial score (nSPS) is 14.9. The van der Waals surface area contributed by atoms with Crippen LogP contribution in [0.1, 0.15) is 214 Å². The van der Waals surface area contributed by atoms with Crippen molar-refractivity contribution in [2.75, 3.05) is 30.5 Å². The molecule has 4 atom stereocenters. The van der Waals surface area contributed by atoms with Gasteiger partial charge in [-0.1, -0.05) is 259 Å². The summed E-state index contributed by atoms with van der Waals surface area (Å²) >= 11 is 29.8. The highest BCUT2D eigenvalue weighted by atomic mass is 79.9. The maximum atomic E-state index is 12.9. The minimum atomic E-state index is -0.656. The van der Waals surface area contributed by atoms with Crippen molar-refractivity contribution in [2.24, 2.45) is 46.4 Å². The number of amides is 1. The Bertz CT molecular complexity index is 5280. The average molecular weight is 1930 g/mol. The number of carboxylic acids is 1. The van der Waals surface area contributed by atoms with Crippen molar-refractivity contribution in [3.8, 4) is 0 Å². The summed E-state index contributed by atoms with van der Waals surface area (Å²) in [6.45, 7) is 28.0. The number of nitrogen functional groups attached to an aromatic ring is 1. The van der Waals surface area contributed by atoms with Crippen LogP contribution >= 0.6 is 78.3 Å². The number of ketones is 4. The fourth-order valence-corrected chi connectivity index (χ4v) is 14.6. The van der Waals surface area contributed by atoms with E-state index in [0.717, 1.165) is 112 Å². The Balaban J connectivity index is 0.000000182. The third-order valence-electron chi connectivity index (χ3n) is 21.8. The Labute approximate surface area is 789 Å². The van der Waals surface area contributed by atoms with Crippen LogP contribution in [0, 0.1) is 67.7 Å². The molecule has 0 heterocycles. The van der Waals surface area contributed by atoms with Gasteiger partial charge in [-0.2, -0.15) is 4.99 Å². The summed E-state index contributed by atoms with van der Waals surface area (Å²) < 4.78 is 0.981. The number of carboxylic acid groups (broad SMARTS) is 1. The van der Waals surface area contributed by atoms with Crippen molar-refractivity contribution in [3.63, 3.8) is 0 Å². The molecule has 7 fully saturated rings. The zero-order valence-corrected chi connectivity index (χ0v) is 78.2. The lowest BCUT2D eigenvalue weighted by atomic mass is 9.97. The van der Waals surface area contributed by atoms with Crippen LogP contribution in [0.5, 0.6) is 0 Å². The quantitative estimate of drug-likeness (QED) is 0.00501. The molecule has 9 aromatic rings. The van der Waals surface area contributed by atoms with Gasteiger partial charge in [0, 0.05) is 96.6 Å². The first-order chi connectivity index (χ1) is 61.7. The number of nitrogens with zero attached hydrogens (tertiary/aromatic N) is 6. The van der Waals surface area contributed by atoms with Gasteiger partial charge < -0.3 is 26.6 Å². The van der Waals surface area contributed by atoms with E-state index in [1.54, 1.807) is 141 Å². The van der Waals surface area contributed by atoms with Gasteiger partial charge >= 0.3 is 5.97 Å². The molecule has 7 aliphatic rings. The number of hydrogen-bond acceptors (Lipinski definition) is 13. The second kappa shape index (κ2) is 55.3. The summed E-state index contributed by atoms with van der Waals surface area (Å²) in [5, 5.41) is 29.8. The summed E-state index contributed by atoms with van der Waals surface area (Å²) in [4.78, 5) is 101. The zero-order valence-electron chi connectivity index (χ0n) is 72.0. The number of aliphatic hydroxyl groups is 1. The van der Waals surface area contributed by atoms with Crippen molar-refractivity contribution in [1.82, 2.24) is 5.06 Å². The third kappa shape index (κ3) is 42.1. The van der Waals surface area contributed by atoms with Crippen molar-refractivity contribution in [1.29, 1.82) is 0 Å². The fraction of sp³-hybridized carbons (Fsp3) is 0.369. The highest BCUT2D eigenvalue weighted by Gasteiger charge is 2.33. The molecule has 0 bridgehead atoms. The van der Waals surface area contributed by atoms with Gasteiger partial charge in [-0.25, -0.2) is 29.2 Å². The highest BCUT2D eigenvalue weighted by molar-refractivity contribution is 9.10. The van der Waals surface area contributed by atoms with Crippen LogP contribution < -0.4 is 16.4 Å². The molecule has 19 nitrogen and oxygen atoms in total. The minimum Gasteiger partial charge on any atom is -0.481 e. The van der Waals surface area contributed by atoms with Crippen molar-refractivity contribution < 1.29 is 48.6 Å². The van der Waals surface area contributed by atoms with Gasteiger partial charge in [0.15, 0.2) is 45.9 Å². The Morgan fingerprint density at radius 3 is 1.27 bits per heavy atom. The van der Waals surface area contributed by atoms with E-state index in [2.05, 4.69) is 66.9 Å². The van der Waals surface area contributed by atoms with E-state index >= 15 is 0 Å². The molecular weight excluding hydrogens is 1820 g/mol. The molecule has 668 valence electrons. The van der Waals surface area contributed by atoms with Gasteiger partial charge in [0.05, 0.1) is 62.1 Å². The topological polar surface area (TPSA) is 252 Å². The molecule has 0 spiro atoms. The number of anilines is 3. The lowest BCUT2D eigenvalue weighted by Gasteiger charge is -2.26. The standard InChI is InChI=1S/C19H19ClN2O.C19H17ClN2O.C13H12BrNO.C13H13NO.C12H13BrO.C8H15NO2.C7H4ClNO.C6H6ClN.C6H10O2/c2*1-21-17-4-2-3-14(12-17)19(23)18(11-13-5-6-13)22-16-9-7-15(20)8-10-16;1-15-11-4-2-3-10(8-11)13(16)12(14)7-9-5-6-9;1-14-12-4-2-3-11(9-12)13(15)8-7-10-5-6-10;13-11-3-1-2-10(8-11)12(14)7-6-9-4-5-9;1-9(11-2)8(10)6-5-7-3-4-7;8-6-1-3-7(4-2-6)9-5-10;7-5-1-3-6(8)4-2-5;7-6(8)4-3-5-1-2-5/h2-4,7-10,12-13,18-19,22-23H,5-6,11H2;2-4,7-10,12-13,18,22H,5-6,11H2;2-4,8-9,12H,5-7H2;2-4,9-10H,5-8H2;1-3,8-9H,4-7H2;7H,3-6H2,1-2H3;1-4H;1-4H,8H2;5H,1-4H2,(H,7,8). The van der Waals surface area contributed by atoms with E-state index in [-0.39, 0.29) is 46.0 Å². The van der Waals surface area contributed by atoms with Crippen LogP contribution in [0.25, 0.3) is 19.4 Å². The Morgan fingerprint density at radius 2 is 0.844 bits per heavy atom. The lowest BCUT2D eigenvalue weighted by molar-refractivity contribution is -0.168. The van der Waals surface area contributed by atoms with Crippen molar-refractivity contribution >= 4 is 165 Å². The van der Waals surface area contributed by atoms with E-state index in [4.69, 9.17) is 88.4 Å². The number of aliphatic hydroxyl groups excluding tert-OH is 1. The lowest BCUT2D eigenvalue weighted by Crippen LogP contribution is -2.30. The first-order valence-electron chi connectivity index (χ1n) is 43.2. The predicted molar refractivity (Wildman–Crippen MR) is 520 cm³/mol. The number of aliphatic carboxylic acids is 1. The summed E-state index contributed by atoms with van der Waals surface area (Å²) in [5.41, 5.74) is 14.2. The smallest absolute Gasteiger partial charge is 0.303 e. The minimum absolute atomic E-state index is 0.0392.